The van der Waals surface area contributed by atoms with Gasteiger partial charge >= 0.3 is 5.97 Å². The highest BCUT2D eigenvalue weighted by atomic mass is 19.1. The SMILES string of the molecule is CC[C@@]1(O)C(=O)OCc2c1cc1n(c2=O)Cc2c-1nc1cc(F)c(C)cc1c2CNC(C)N. The molecule has 0 radical (unpaired) electrons. The minimum atomic E-state index is -1.90. The Morgan fingerprint density at radius 3 is 2.79 bits per heavy atom. The number of ether oxygens (including phenoxy) is 1. The van der Waals surface area contributed by atoms with Crippen LogP contribution < -0.4 is 16.6 Å². The van der Waals surface area contributed by atoms with Crippen LogP contribution in [0.2, 0.25) is 0 Å². The zero-order valence-electron chi connectivity index (χ0n) is 18.7. The molecule has 8 nitrogen and oxygen atoms in total. The number of nitrogens with one attached hydrogen (secondary N) is 1. The predicted octanol–water partition coefficient (Wildman–Crippen LogP) is 1.92. The third-order valence-electron chi connectivity index (χ3n) is 6.69. The Morgan fingerprint density at radius 1 is 1.33 bits per heavy atom. The molecule has 1 unspecified atom stereocenters. The monoisotopic (exact) mass is 452 g/mol. The fraction of sp³-hybridized carbons (Fsp3) is 0.375. The molecule has 33 heavy (non-hydrogen) atoms. The molecular weight excluding hydrogens is 427 g/mol. The second kappa shape index (κ2) is 7.44. The van der Waals surface area contributed by atoms with Crippen LogP contribution in [0.1, 0.15) is 48.1 Å². The van der Waals surface area contributed by atoms with Gasteiger partial charge in [-0.15, -0.1) is 0 Å². The van der Waals surface area contributed by atoms with Crippen LogP contribution in [0.3, 0.4) is 0 Å². The van der Waals surface area contributed by atoms with E-state index >= 15 is 0 Å². The van der Waals surface area contributed by atoms with Crippen LogP contribution in [-0.2, 0) is 34.8 Å². The quantitative estimate of drug-likeness (QED) is 0.320. The first kappa shape index (κ1) is 21.7. The van der Waals surface area contributed by atoms with E-state index in [2.05, 4.69) is 5.32 Å². The molecule has 0 amide bonds. The van der Waals surface area contributed by atoms with Crippen molar-refractivity contribution in [1.82, 2.24) is 14.9 Å². The largest absolute Gasteiger partial charge is 0.458 e. The number of pyridine rings is 2. The van der Waals surface area contributed by atoms with Crippen LogP contribution in [0.25, 0.3) is 22.3 Å². The van der Waals surface area contributed by atoms with Crippen LogP contribution in [-0.4, -0.2) is 26.8 Å². The van der Waals surface area contributed by atoms with Crippen LogP contribution in [0, 0.1) is 12.7 Å². The minimum Gasteiger partial charge on any atom is -0.458 e. The van der Waals surface area contributed by atoms with Crippen molar-refractivity contribution in [2.75, 3.05) is 0 Å². The van der Waals surface area contributed by atoms with Crippen molar-refractivity contribution < 1.29 is 19.0 Å². The van der Waals surface area contributed by atoms with Crippen molar-refractivity contribution in [2.45, 2.75) is 58.7 Å². The Bertz CT molecular complexity index is 1400. The number of halogens is 1. The number of hydrogen-bond acceptors (Lipinski definition) is 7. The molecule has 4 N–H and O–H groups in total. The van der Waals surface area contributed by atoms with E-state index < -0.39 is 11.6 Å². The summed E-state index contributed by atoms with van der Waals surface area (Å²) in [6, 6.07) is 4.80. The summed E-state index contributed by atoms with van der Waals surface area (Å²) in [7, 11) is 0. The standard InChI is InChI=1S/C24H25FN4O4/c1-4-24(32)17-6-20-21-15(9-29(20)22(30)16(17)10-33-23(24)31)14(8-27-12(3)26)13-5-11(2)18(25)7-19(13)28-21/h5-7,12,27,32H,4,8-10,26H2,1-3H3/t12?,24-/m0/s1. The lowest BCUT2D eigenvalue weighted by Gasteiger charge is -2.31. The molecule has 0 saturated carbocycles. The number of aromatic nitrogens is 2. The number of aryl methyl sites for hydroxylation is 1. The van der Waals surface area contributed by atoms with Gasteiger partial charge in [0.25, 0.3) is 5.56 Å². The van der Waals surface area contributed by atoms with Gasteiger partial charge in [0.1, 0.15) is 12.4 Å². The van der Waals surface area contributed by atoms with Gasteiger partial charge in [-0.3, -0.25) is 10.1 Å². The zero-order valence-corrected chi connectivity index (χ0v) is 18.7. The summed E-state index contributed by atoms with van der Waals surface area (Å²) in [5.41, 5.74) is 7.88. The number of aliphatic hydroxyl groups is 1. The molecule has 0 fully saturated rings. The Balaban J connectivity index is 1.80. The van der Waals surface area contributed by atoms with Crippen LogP contribution in [0.15, 0.2) is 23.0 Å². The molecule has 9 heteroatoms. The van der Waals surface area contributed by atoms with Gasteiger partial charge < -0.3 is 20.1 Å². The highest BCUT2D eigenvalue weighted by Gasteiger charge is 2.45. The van der Waals surface area contributed by atoms with E-state index in [0.29, 0.717) is 29.0 Å². The number of rotatable bonds is 4. The van der Waals surface area contributed by atoms with E-state index in [1.54, 1.807) is 30.5 Å². The van der Waals surface area contributed by atoms with Crippen LogP contribution >= 0.6 is 0 Å². The van der Waals surface area contributed by atoms with Gasteiger partial charge in [0.05, 0.1) is 35.2 Å². The molecular formula is C24H25FN4O4. The van der Waals surface area contributed by atoms with E-state index in [0.717, 1.165) is 16.5 Å². The first-order chi connectivity index (χ1) is 15.7. The van der Waals surface area contributed by atoms with Gasteiger partial charge in [-0.05, 0) is 43.5 Å². The molecule has 0 aliphatic carbocycles. The molecule has 0 spiro atoms. The lowest BCUT2D eigenvalue weighted by molar-refractivity contribution is -0.172. The Kier molecular flexibility index (Phi) is 4.89. The fourth-order valence-electron chi connectivity index (χ4n) is 4.76. The number of carbonyl (C=O) groups is 1. The van der Waals surface area contributed by atoms with E-state index in [1.807, 2.05) is 6.92 Å². The van der Waals surface area contributed by atoms with Gasteiger partial charge in [-0.25, -0.2) is 14.2 Å². The van der Waals surface area contributed by atoms with Crippen molar-refractivity contribution in [3.8, 4) is 11.4 Å². The smallest absolute Gasteiger partial charge is 0.343 e. The Morgan fingerprint density at radius 2 is 2.09 bits per heavy atom. The molecule has 0 saturated heterocycles. The zero-order chi connectivity index (χ0) is 23.7. The maximum atomic E-state index is 14.4. The Hall–Kier alpha value is -3.14. The second-order valence-corrected chi connectivity index (χ2v) is 8.81. The summed E-state index contributed by atoms with van der Waals surface area (Å²) in [4.78, 5) is 30.5. The van der Waals surface area contributed by atoms with Gasteiger partial charge in [-0.1, -0.05) is 6.92 Å². The van der Waals surface area contributed by atoms with E-state index in [1.165, 1.54) is 6.07 Å². The number of carbonyl (C=O) groups excluding carboxylic acids is 1. The summed E-state index contributed by atoms with van der Waals surface area (Å²) >= 11 is 0. The van der Waals surface area contributed by atoms with Crippen molar-refractivity contribution in [3.63, 3.8) is 0 Å². The molecule has 3 aromatic rings. The average Bonchev–Trinajstić information content (AvgIpc) is 3.14. The van der Waals surface area contributed by atoms with E-state index in [-0.39, 0.29) is 48.2 Å². The molecule has 2 atom stereocenters. The third kappa shape index (κ3) is 3.11. The molecule has 0 bridgehead atoms. The number of esters is 1. The highest BCUT2D eigenvalue weighted by Crippen LogP contribution is 2.40. The van der Waals surface area contributed by atoms with Crippen molar-refractivity contribution in [1.29, 1.82) is 0 Å². The number of fused-ring (bicyclic) bond motifs is 5. The van der Waals surface area contributed by atoms with Crippen molar-refractivity contribution in [3.05, 3.63) is 62.2 Å². The lowest BCUT2D eigenvalue weighted by Crippen LogP contribution is -2.44. The highest BCUT2D eigenvalue weighted by molar-refractivity contribution is 5.89. The minimum absolute atomic E-state index is 0.0633. The first-order valence-electron chi connectivity index (χ1n) is 10.9. The lowest BCUT2D eigenvalue weighted by atomic mass is 9.86. The molecule has 172 valence electrons. The van der Waals surface area contributed by atoms with Crippen molar-refractivity contribution >= 4 is 16.9 Å². The molecule has 2 aliphatic heterocycles. The third-order valence-corrected chi connectivity index (χ3v) is 6.69. The van der Waals surface area contributed by atoms with Crippen LogP contribution in [0.4, 0.5) is 4.39 Å². The number of hydrogen-bond donors (Lipinski definition) is 3. The summed E-state index contributed by atoms with van der Waals surface area (Å²) in [5, 5.41) is 15.0. The number of nitrogens with zero attached hydrogens (tertiary/aromatic N) is 2. The van der Waals surface area contributed by atoms with Crippen molar-refractivity contribution in [2.24, 2.45) is 5.73 Å². The summed E-state index contributed by atoms with van der Waals surface area (Å²) < 4.78 is 21.1. The van der Waals surface area contributed by atoms with E-state index in [4.69, 9.17) is 15.5 Å². The van der Waals surface area contributed by atoms with E-state index in [9.17, 15) is 19.1 Å². The average molecular weight is 452 g/mol. The van der Waals surface area contributed by atoms with Gasteiger partial charge in [0, 0.05) is 29.1 Å². The summed E-state index contributed by atoms with van der Waals surface area (Å²) in [6.07, 6.45) is -0.208. The van der Waals surface area contributed by atoms with Gasteiger partial charge in [0.2, 0.25) is 0 Å². The number of cyclic esters (lactones) is 1. The maximum Gasteiger partial charge on any atom is 0.343 e. The summed E-state index contributed by atoms with van der Waals surface area (Å²) in [6.45, 7) is 5.66. The first-order valence-corrected chi connectivity index (χ1v) is 10.9. The molecule has 1 aromatic carbocycles. The second-order valence-electron chi connectivity index (χ2n) is 8.81. The topological polar surface area (TPSA) is 119 Å². The van der Waals surface area contributed by atoms with Gasteiger partial charge in [0.15, 0.2) is 5.60 Å². The summed E-state index contributed by atoms with van der Waals surface area (Å²) in [5.74, 6) is -1.14. The molecule has 5 rings (SSSR count). The maximum absolute atomic E-state index is 14.4. The number of nitrogens with two attached hydrogens (primary N) is 1. The fourth-order valence-corrected chi connectivity index (χ4v) is 4.76. The van der Waals surface area contributed by atoms with Crippen LogP contribution in [0.5, 0.6) is 0 Å². The molecule has 4 heterocycles. The molecule has 2 aromatic heterocycles. The predicted molar refractivity (Wildman–Crippen MR) is 120 cm³/mol. The normalized spacial score (nSPS) is 19.8. The number of benzene rings is 1. The molecule has 2 aliphatic rings. The Labute approximate surface area is 189 Å². The van der Waals surface area contributed by atoms with Gasteiger partial charge in [-0.2, -0.15) is 0 Å².